The molecule has 9 heteroatoms. The maximum Gasteiger partial charge on any atom is 0.191 e. The summed E-state index contributed by atoms with van der Waals surface area (Å²) in [6, 6.07) is 10.2. The molecule has 2 heterocycles. The number of aromatic nitrogens is 5. The number of aryl methyl sites for hydroxylation is 1. The van der Waals surface area contributed by atoms with Crippen LogP contribution in [0, 0.1) is 0 Å². The Balaban J connectivity index is 1.48. The number of nitrogens with one attached hydrogen (secondary N) is 1. The summed E-state index contributed by atoms with van der Waals surface area (Å²) in [5.41, 5.74) is 2.57. The Kier molecular flexibility index (Phi) is 7.37. The van der Waals surface area contributed by atoms with Crippen LogP contribution in [0.3, 0.4) is 0 Å². The highest BCUT2D eigenvalue weighted by Crippen LogP contribution is 2.33. The van der Waals surface area contributed by atoms with Crippen molar-refractivity contribution in [3.63, 3.8) is 0 Å². The zero-order chi connectivity index (χ0) is 21.6. The molecule has 3 atom stereocenters. The van der Waals surface area contributed by atoms with Gasteiger partial charge in [-0.3, -0.25) is 0 Å². The summed E-state index contributed by atoms with van der Waals surface area (Å²) in [5, 5.41) is 33.0. The molecule has 1 aromatic carbocycles. The van der Waals surface area contributed by atoms with Crippen molar-refractivity contribution in [1.29, 1.82) is 0 Å². The molecule has 0 radical (unpaired) electrons. The minimum Gasteiger partial charge on any atom is -0.390 e. The van der Waals surface area contributed by atoms with Crippen molar-refractivity contribution in [3.8, 4) is 0 Å². The number of anilines is 1. The molecule has 0 bridgehead atoms. The third kappa shape index (κ3) is 5.16. The summed E-state index contributed by atoms with van der Waals surface area (Å²) >= 11 is 1.60. The molecule has 8 nitrogen and oxygen atoms in total. The SMILES string of the molecule is CCCSc1nc(NCCCCc2ccccc2)c2nnn([C@@H]3CC[C@@H](O)[C@H]3O)c2n1. The largest absolute Gasteiger partial charge is 0.390 e. The van der Waals surface area contributed by atoms with Gasteiger partial charge in [0.25, 0.3) is 0 Å². The van der Waals surface area contributed by atoms with Crippen LogP contribution >= 0.6 is 11.8 Å². The molecule has 0 spiro atoms. The lowest BCUT2D eigenvalue weighted by Gasteiger charge is -2.16. The molecule has 0 amide bonds. The maximum atomic E-state index is 10.4. The first-order chi connectivity index (χ1) is 15.2. The standard InChI is InChI=1S/C22H30N6O2S/c1-2-14-31-22-24-20(23-13-7-6-10-15-8-4-3-5-9-15)18-21(25-22)28(27-26-18)16-11-12-17(29)19(16)30/h3-5,8-9,16-17,19,29-30H,2,6-7,10-14H2,1H3,(H,23,24,25)/t16-,17-,19+/m1/s1. The van der Waals surface area contributed by atoms with E-state index in [0.717, 1.165) is 38.0 Å². The summed E-state index contributed by atoms with van der Waals surface area (Å²) < 4.78 is 1.66. The molecule has 1 aliphatic rings. The topological polar surface area (TPSA) is 109 Å². The van der Waals surface area contributed by atoms with Crippen LogP contribution in [0.5, 0.6) is 0 Å². The number of nitrogens with zero attached hydrogens (tertiary/aromatic N) is 5. The van der Waals surface area contributed by atoms with E-state index >= 15 is 0 Å². The molecular weight excluding hydrogens is 412 g/mol. The van der Waals surface area contributed by atoms with Crippen molar-refractivity contribution in [2.24, 2.45) is 0 Å². The van der Waals surface area contributed by atoms with Crippen molar-refractivity contribution in [2.75, 3.05) is 17.6 Å². The molecule has 1 saturated carbocycles. The second-order valence-electron chi connectivity index (χ2n) is 7.98. The van der Waals surface area contributed by atoms with Gasteiger partial charge >= 0.3 is 0 Å². The number of fused-ring (bicyclic) bond motifs is 1. The van der Waals surface area contributed by atoms with E-state index in [1.807, 2.05) is 6.07 Å². The van der Waals surface area contributed by atoms with Crippen LogP contribution in [0.15, 0.2) is 35.5 Å². The summed E-state index contributed by atoms with van der Waals surface area (Å²) in [4.78, 5) is 9.36. The molecule has 1 aliphatic carbocycles. The van der Waals surface area contributed by atoms with Gasteiger partial charge in [0, 0.05) is 12.3 Å². The van der Waals surface area contributed by atoms with Crippen molar-refractivity contribution >= 4 is 28.7 Å². The molecule has 166 valence electrons. The van der Waals surface area contributed by atoms with Crippen LogP contribution in [0.4, 0.5) is 5.82 Å². The van der Waals surface area contributed by atoms with Gasteiger partial charge in [0.2, 0.25) is 0 Å². The number of aliphatic hydroxyl groups is 2. The number of hydrogen-bond donors (Lipinski definition) is 3. The second kappa shape index (κ2) is 10.4. The van der Waals surface area contributed by atoms with E-state index in [4.69, 9.17) is 0 Å². The van der Waals surface area contributed by atoms with Crippen LogP contribution in [0.1, 0.15) is 50.6 Å². The van der Waals surface area contributed by atoms with E-state index in [2.05, 4.69) is 56.8 Å². The Bertz CT molecular complexity index is 983. The Morgan fingerprint density at radius 2 is 1.97 bits per heavy atom. The van der Waals surface area contributed by atoms with E-state index in [1.165, 1.54) is 5.56 Å². The van der Waals surface area contributed by atoms with E-state index in [1.54, 1.807) is 16.4 Å². The van der Waals surface area contributed by atoms with Crippen LogP contribution < -0.4 is 5.32 Å². The van der Waals surface area contributed by atoms with Gasteiger partial charge in [0.05, 0.1) is 12.1 Å². The first-order valence-electron chi connectivity index (χ1n) is 11.1. The fourth-order valence-corrected chi connectivity index (χ4v) is 4.62. The number of rotatable bonds is 10. The van der Waals surface area contributed by atoms with E-state index in [0.29, 0.717) is 35.0 Å². The molecule has 0 unspecified atom stereocenters. The Morgan fingerprint density at radius 1 is 1.13 bits per heavy atom. The Morgan fingerprint density at radius 3 is 2.71 bits per heavy atom. The predicted octanol–water partition coefficient (Wildman–Crippen LogP) is 3.21. The Hall–Kier alpha value is -2.23. The van der Waals surface area contributed by atoms with Gasteiger partial charge in [0.1, 0.15) is 6.10 Å². The monoisotopic (exact) mass is 442 g/mol. The lowest BCUT2D eigenvalue weighted by Crippen LogP contribution is -2.28. The number of thioether (sulfide) groups is 1. The molecule has 2 aromatic heterocycles. The number of hydrogen-bond acceptors (Lipinski definition) is 8. The van der Waals surface area contributed by atoms with E-state index in [-0.39, 0.29) is 6.04 Å². The number of benzene rings is 1. The first-order valence-corrected chi connectivity index (χ1v) is 12.1. The lowest BCUT2D eigenvalue weighted by molar-refractivity contribution is 0.0215. The fraction of sp³-hybridized carbons (Fsp3) is 0.545. The molecule has 3 aromatic rings. The van der Waals surface area contributed by atoms with Gasteiger partial charge in [-0.25, -0.2) is 14.6 Å². The molecule has 31 heavy (non-hydrogen) atoms. The minimum absolute atomic E-state index is 0.322. The van der Waals surface area contributed by atoms with Crippen molar-refractivity contribution in [1.82, 2.24) is 25.0 Å². The summed E-state index contributed by atoms with van der Waals surface area (Å²) in [7, 11) is 0. The van der Waals surface area contributed by atoms with Gasteiger partial charge < -0.3 is 15.5 Å². The van der Waals surface area contributed by atoms with Gasteiger partial charge in [-0.1, -0.05) is 54.2 Å². The average Bonchev–Trinajstić information content (AvgIpc) is 3.35. The molecular formula is C22H30N6O2S. The van der Waals surface area contributed by atoms with Crippen LogP contribution in [0.25, 0.3) is 11.2 Å². The normalized spacial score (nSPS) is 21.1. The van der Waals surface area contributed by atoms with Crippen LogP contribution in [-0.4, -0.2) is 59.7 Å². The van der Waals surface area contributed by atoms with Crippen molar-refractivity contribution in [2.45, 2.75) is 68.9 Å². The van der Waals surface area contributed by atoms with Crippen LogP contribution in [0.2, 0.25) is 0 Å². The van der Waals surface area contributed by atoms with Gasteiger partial charge in [-0.15, -0.1) is 5.10 Å². The fourth-order valence-electron chi connectivity index (χ4n) is 3.93. The Labute approximate surface area is 186 Å². The zero-order valence-electron chi connectivity index (χ0n) is 17.8. The summed E-state index contributed by atoms with van der Waals surface area (Å²) in [6.07, 6.45) is 3.77. The number of unbranched alkanes of at least 4 members (excludes halogenated alkanes) is 1. The van der Waals surface area contributed by atoms with Crippen molar-refractivity contribution in [3.05, 3.63) is 35.9 Å². The minimum atomic E-state index is -0.860. The van der Waals surface area contributed by atoms with E-state index < -0.39 is 12.2 Å². The molecule has 1 fully saturated rings. The lowest BCUT2D eigenvalue weighted by atomic mass is 10.1. The quantitative estimate of drug-likeness (QED) is 0.249. The smallest absolute Gasteiger partial charge is 0.191 e. The number of aliphatic hydroxyl groups excluding tert-OH is 2. The van der Waals surface area contributed by atoms with Gasteiger partial charge in [0.15, 0.2) is 22.1 Å². The highest BCUT2D eigenvalue weighted by atomic mass is 32.2. The third-order valence-electron chi connectivity index (χ3n) is 5.63. The highest BCUT2D eigenvalue weighted by molar-refractivity contribution is 7.99. The molecule has 0 aliphatic heterocycles. The summed E-state index contributed by atoms with van der Waals surface area (Å²) in [5.74, 6) is 1.61. The van der Waals surface area contributed by atoms with E-state index in [9.17, 15) is 10.2 Å². The zero-order valence-corrected chi connectivity index (χ0v) is 18.6. The third-order valence-corrected chi connectivity index (χ3v) is 6.68. The molecule has 4 rings (SSSR count). The predicted molar refractivity (Wildman–Crippen MR) is 122 cm³/mol. The van der Waals surface area contributed by atoms with Gasteiger partial charge in [-0.05, 0) is 44.1 Å². The molecule has 3 N–H and O–H groups in total. The maximum absolute atomic E-state index is 10.4. The molecule has 0 saturated heterocycles. The second-order valence-corrected chi connectivity index (χ2v) is 9.04. The van der Waals surface area contributed by atoms with Gasteiger partial charge in [-0.2, -0.15) is 0 Å². The average molecular weight is 443 g/mol. The van der Waals surface area contributed by atoms with Crippen molar-refractivity contribution < 1.29 is 10.2 Å². The first kappa shape index (κ1) is 22.0. The highest BCUT2D eigenvalue weighted by Gasteiger charge is 2.36. The summed E-state index contributed by atoms with van der Waals surface area (Å²) in [6.45, 7) is 2.91. The van der Waals surface area contributed by atoms with Crippen LogP contribution in [-0.2, 0) is 6.42 Å².